The van der Waals surface area contributed by atoms with Crippen LogP contribution in [0, 0.1) is 0 Å². The van der Waals surface area contributed by atoms with Crippen molar-refractivity contribution in [3.8, 4) is 0 Å². The summed E-state index contributed by atoms with van der Waals surface area (Å²) < 4.78 is 0. The highest BCUT2D eigenvalue weighted by Crippen LogP contribution is 2.33. The first-order valence-electron chi connectivity index (χ1n) is 10.2. The molecule has 0 atom stereocenters. The standard InChI is InChI=1S/C26H19N3O3/c30-25(21-12-6-10-18-9-4-5-11-20(18)21)27-19-13-14-23-22(15-19)24(28-32)26(31)29(23)16-17-7-2-1-3-8-17/h1-15,32H,16H2,(H,27,30)/b28-24-. The van der Waals surface area contributed by atoms with E-state index in [1.165, 1.54) is 0 Å². The van der Waals surface area contributed by atoms with Gasteiger partial charge in [0.25, 0.3) is 11.8 Å². The average Bonchev–Trinajstić information content (AvgIpc) is 3.09. The van der Waals surface area contributed by atoms with Crippen LogP contribution in [0.4, 0.5) is 11.4 Å². The van der Waals surface area contributed by atoms with E-state index in [0.717, 1.165) is 16.3 Å². The number of benzene rings is 4. The summed E-state index contributed by atoms with van der Waals surface area (Å²) in [7, 11) is 0. The lowest BCUT2D eigenvalue weighted by molar-refractivity contribution is -0.112. The van der Waals surface area contributed by atoms with Crippen molar-refractivity contribution in [3.63, 3.8) is 0 Å². The number of carbonyl (C=O) groups excluding carboxylic acids is 2. The maximum Gasteiger partial charge on any atom is 0.281 e. The number of carbonyl (C=O) groups is 2. The third kappa shape index (κ3) is 3.37. The Hall–Kier alpha value is -4.45. The molecule has 2 N–H and O–H groups in total. The number of nitrogens with zero attached hydrogens (tertiary/aromatic N) is 2. The van der Waals surface area contributed by atoms with E-state index in [-0.39, 0.29) is 17.5 Å². The third-order valence-electron chi connectivity index (χ3n) is 5.57. The molecule has 156 valence electrons. The Morgan fingerprint density at radius 3 is 2.47 bits per heavy atom. The van der Waals surface area contributed by atoms with Gasteiger partial charge in [-0.3, -0.25) is 9.59 Å². The molecule has 0 unspecified atom stereocenters. The summed E-state index contributed by atoms with van der Waals surface area (Å²) in [5.41, 5.74) is 3.09. The molecule has 0 fully saturated rings. The Balaban J connectivity index is 1.46. The van der Waals surface area contributed by atoms with Crippen molar-refractivity contribution >= 4 is 39.7 Å². The van der Waals surface area contributed by atoms with Gasteiger partial charge in [-0.2, -0.15) is 0 Å². The van der Waals surface area contributed by atoms with Gasteiger partial charge in [-0.15, -0.1) is 0 Å². The molecule has 2 amide bonds. The number of oxime groups is 1. The molecule has 0 spiro atoms. The average molecular weight is 421 g/mol. The van der Waals surface area contributed by atoms with E-state index in [9.17, 15) is 14.8 Å². The highest BCUT2D eigenvalue weighted by atomic mass is 16.4. The molecule has 32 heavy (non-hydrogen) atoms. The first kappa shape index (κ1) is 19.5. The van der Waals surface area contributed by atoms with Crippen LogP contribution in [0.2, 0.25) is 0 Å². The number of nitrogens with one attached hydrogen (secondary N) is 1. The van der Waals surface area contributed by atoms with Crippen LogP contribution in [0.25, 0.3) is 10.8 Å². The van der Waals surface area contributed by atoms with Gasteiger partial charge in [0.1, 0.15) is 0 Å². The minimum absolute atomic E-state index is 0.0443. The number of anilines is 2. The van der Waals surface area contributed by atoms with Crippen LogP contribution in [0.5, 0.6) is 0 Å². The van der Waals surface area contributed by atoms with E-state index < -0.39 is 0 Å². The SMILES string of the molecule is O=C(Nc1ccc2c(c1)/C(=N/O)C(=O)N2Cc1ccccc1)c1cccc2ccccc12. The Bertz CT molecular complexity index is 1370. The maximum absolute atomic E-state index is 13.0. The zero-order valence-corrected chi connectivity index (χ0v) is 17.0. The van der Waals surface area contributed by atoms with Gasteiger partial charge in [-0.1, -0.05) is 71.9 Å². The lowest BCUT2D eigenvalue weighted by atomic mass is 10.0. The first-order chi connectivity index (χ1) is 15.7. The zero-order valence-electron chi connectivity index (χ0n) is 17.0. The van der Waals surface area contributed by atoms with Gasteiger partial charge in [0.05, 0.1) is 12.2 Å². The van der Waals surface area contributed by atoms with Crippen molar-refractivity contribution in [2.75, 3.05) is 10.2 Å². The number of hydrogen-bond acceptors (Lipinski definition) is 4. The quantitative estimate of drug-likeness (QED) is 0.366. The zero-order chi connectivity index (χ0) is 22.1. The fourth-order valence-electron chi connectivity index (χ4n) is 4.03. The van der Waals surface area contributed by atoms with E-state index in [2.05, 4.69) is 10.5 Å². The monoisotopic (exact) mass is 421 g/mol. The van der Waals surface area contributed by atoms with E-state index in [1.807, 2.05) is 66.7 Å². The molecular weight excluding hydrogens is 402 g/mol. The lowest BCUT2D eigenvalue weighted by Gasteiger charge is -2.17. The molecule has 0 saturated heterocycles. The molecule has 0 bridgehead atoms. The van der Waals surface area contributed by atoms with Gasteiger partial charge >= 0.3 is 0 Å². The highest BCUT2D eigenvalue weighted by Gasteiger charge is 2.35. The van der Waals surface area contributed by atoms with Crippen LogP contribution in [0.1, 0.15) is 21.5 Å². The van der Waals surface area contributed by atoms with E-state index in [0.29, 0.717) is 29.0 Å². The van der Waals surface area contributed by atoms with Gasteiger partial charge in [-0.25, -0.2) is 0 Å². The van der Waals surface area contributed by atoms with Gasteiger partial charge < -0.3 is 15.4 Å². The summed E-state index contributed by atoms with van der Waals surface area (Å²) >= 11 is 0. The molecule has 1 aliphatic heterocycles. The molecule has 0 aliphatic carbocycles. The second kappa shape index (κ2) is 8.00. The molecule has 4 aromatic rings. The third-order valence-corrected chi connectivity index (χ3v) is 5.57. The minimum Gasteiger partial charge on any atom is -0.410 e. The molecule has 6 nitrogen and oxygen atoms in total. The van der Waals surface area contributed by atoms with Gasteiger partial charge in [0.15, 0.2) is 5.71 Å². The Morgan fingerprint density at radius 2 is 1.66 bits per heavy atom. The molecule has 5 rings (SSSR count). The van der Waals surface area contributed by atoms with Crippen molar-refractivity contribution < 1.29 is 14.8 Å². The normalized spacial score (nSPS) is 14.1. The number of amides is 2. The predicted octanol–water partition coefficient (Wildman–Crippen LogP) is 4.82. The molecule has 0 radical (unpaired) electrons. The van der Waals surface area contributed by atoms with E-state index in [1.54, 1.807) is 29.2 Å². The second-order valence-electron chi connectivity index (χ2n) is 7.54. The Morgan fingerprint density at radius 1 is 0.906 bits per heavy atom. The summed E-state index contributed by atoms with van der Waals surface area (Å²) in [4.78, 5) is 27.4. The van der Waals surface area contributed by atoms with Crippen LogP contribution in [0.3, 0.4) is 0 Å². The summed E-state index contributed by atoms with van der Waals surface area (Å²) in [5.74, 6) is -0.640. The molecule has 0 saturated carbocycles. The Kier molecular flexibility index (Phi) is 4.88. The van der Waals surface area contributed by atoms with Gasteiger partial charge in [-0.05, 0) is 40.6 Å². The van der Waals surface area contributed by atoms with Crippen molar-refractivity contribution in [3.05, 3.63) is 108 Å². The lowest BCUT2D eigenvalue weighted by Crippen LogP contribution is -2.29. The minimum atomic E-state index is -0.385. The molecule has 6 heteroatoms. The van der Waals surface area contributed by atoms with Crippen LogP contribution in [-0.4, -0.2) is 22.7 Å². The van der Waals surface area contributed by atoms with E-state index >= 15 is 0 Å². The molecule has 4 aromatic carbocycles. The molecule has 1 heterocycles. The van der Waals surface area contributed by atoms with Crippen molar-refractivity contribution in [2.45, 2.75) is 6.54 Å². The van der Waals surface area contributed by atoms with Gasteiger partial charge in [0, 0.05) is 16.8 Å². The topological polar surface area (TPSA) is 82.0 Å². The largest absolute Gasteiger partial charge is 0.410 e. The maximum atomic E-state index is 13.0. The van der Waals surface area contributed by atoms with Gasteiger partial charge in [0.2, 0.25) is 0 Å². The predicted molar refractivity (Wildman–Crippen MR) is 124 cm³/mol. The molecular formula is C26H19N3O3. The summed E-state index contributed by atoms with van der Waals surface area (Å²) in [6.07, 6.45) is 0. The fraction of sp³-hybridized carbons (Fsp3) is 0.0385. The second-order valence-corrected chi connectivity index (χ2v) is 7.54. The van der Waals surface area contributed by atoms with Crippen LogP contribution in [-0.2, 0) is 11.3 Å². The summed E-state index contributed by atoms with van der Waals surface area (Å²) in [6, 6.07) is 28.0. The van der Waals surface area contributed by atoms with Crippen molar-refractivity contribution in [1.29, 1.82) is 0 Å². The summed E-state index contributed by atoms with van der Waals surface area (Å²) in [5, 5.41) is 17.5. The smallest absolute Gasteiger partial charge is 0.281 e. The number of hydrogen-bond donors (Lipinski definition) is 2. The number of fused-ring (bicyclic) bond motifs is 2. The number of rotatable bonds is 4. The van der Waals surface area contributed by atoms with Crippen LogP contribution in [0.15, 0.2) is 96.2 Å². The van der Waals surface area contributed by atoms with Crippen LogP contribution < -0.4 is 10.2 Å². The Labute approximate surface area is 184 Å². The fourth-order valence-corrected chi connectivity index (χ4v) is 4.03. The van der Waals surface area contributed by atoms with Crippen molar-refractivity contribution in [1.82, 2.24) is 0 Å². The van der Waals surface area contributed by atoms with E-state index in [4.69, 9.17) is 0 Å². The summed E-state index contributed by atoms with van der Waals surface area (Å²) in [6.45, 7) is 0.355. The molecule has 0 aromatic heterocycles. The van der Waals surface area contributed by atoms with Crippen LogP contribution >= 0.6 is 0 Å². The highest BCUT2D eigenvalue weighted by molar-refractivity contribution is 6.54. The first-order valence-corrected chi connectivity index (χ1v) is 10.2. The van der Waals surface area contributed by atoms with Crippen molar-refractivity contribution in [2.24, 2.45) is 5.16 Å². The molecule has 1 aliphatic rings.